The number of aliphatic carboxylic acids is 2. The zero-order chi connectivity index (χ0) is 38.6. The van der Waals surface area contributed by atoms with E-state index in [1.807, 2.05) is 6.92 Å². The topological polar surface area (TPSA) is 208 Å². The van der Waals surface area contributed by atoms with E-state index in [-0.39, 0.29) is 12.8 Å². The number of ether oxygens (including phenoxy) is 2. The summed E-state index contributed by atoms with van der Waals surface area (Å²) >= 11 is 0. The van der Waals surface area contributed by atoms with Crippen molar-refractivity contribution >= 4 is 23.9 Å². The van der Waals surface area contributed by atoms with Crippen LogP contribution in [0.25, 0.3) is 0 Å². The van der Waals surface area contributed by atoms with Crippen molar-refractivity contribution in [1.29, 1.82) is 0 Å². The molecule has 12 nitrogen and oxygen atoms in total. The highest BCUT2D eigenvalue weighted by Crippen LogP contribution is 2.14. The summed E-state index contributed by atoms with van der Waals surface area (Å²) in [6.07, 6.45) is 15.2. The Kier molecular flexibility index (Phi) is 36.7. The lowest BCUT2D eigenvalue weighted by Gasteiger charge is -2.10. The van der Waals surface area contributed by atoms with Crippen molar-refractivity contribution in [2.45, 2.75) is 169 Å². The number of carboxylic acid groups (broad SMARTS) is 2. The lowest BCUT2D eigenvalue weighted by atomic mass is 10.1. The minimum Gasteiger partial charge on any atom is -0.481 e. The first-order chi connectivity index (χ1) is 23.7. The molecule has 0 radical (unpaired) electrons. The average Bonchev–Trinajstić information content (AvgIpc) is 3.06. The van der Waals surface area contributed by atoms with Gasteiger partial charge in [-0.2, -0.15) is 0 Å². The van der Waals surface area contributed by atoms with Gasteiger partial charge in [0.2, 0.25) is 0 Å². The Labute approximate surface area is 300 Å². The number of benzene rings is 1. The third-order valence-electron chi connectivity index (χ3n) is 7.08. The molecule has 0 aromatic heterocycles. The molecule has 292 valence electrons. The molecule has 1 aromatic rings. The van der Waals surface area contributed by atoms with Crippen LogP contribution in [0.1, 0.15) is 177 Å². The molecule has 50 heavy (non-hydrogen) atoms. The van der Waals surface area contributed by atoms with E-state index in [9.17, 15) is 19.2 Å². The first-order valence-electron chi connectivity index (χ1n) is 18.3. The Bertz CT molecular complexity index is 908. The van der Waals surface area contributed by atoms with Crippen molar-refractivity contribution in [3.63, 3.8) is 0 Å². The van der Waals surface area contributed by atoms with Crippen molar-refractivity contribution in [2.24, 2.45) is 0 Å². The Morgan fingerprint density at radius 3 is 1.20 bits per heavy atom. The van der Waals surface area contributed by atoms with Crippen LogP contribution in [0.15, 0.2) is 24.3 Å². The zero-order valence-corrected chi connectivity index (χ0v) is 31.4. The van der Waals surface area contributed by atoms with Gasteiger partial charge in [0.25, 0.3) is 0 Å². The fourth-order valence-corrected chi connectivity index (χ4v) is 3.90. The molecule has 0 amide bonds. The fraction of sp³-hybridized carbons (Fsp3) is 0.737. The second-order valence-electron chi connectivity index (χ2n) is 12.2. The lowest BCUT2D eigenvalue weighted by Crippen LogP contribution is -2.20. The first-order valence-corrected chi connectivity index (χ1v) is 18.3. The molecule has 12 heteroatoms. The molecule has 0 saturated heterocycles. The van der Waals surface area contributed by atoms with Crippen LogP contribution in [0.4, 0.5) is 0 Å². The summed E-state index contributed by atoms with van der Waals surface area (Å²) in [5.74, 6) is -4.09. The van der Waals surface area contributed by atoms with Crippen LogP contribution in [0.2, 0.25) is 0 Å². The summed E-state index contributed by atoms with van der Waals surface area (Å²) in [4.78, 5) is 44.5. The number of esters is 2. The van der Waals surface area contributed by atoms with Gasteiger partial charge in [-0.05, 0) is 57.6 Å². The molecule has 0 aliphatic heterocycles. The molecule has 0 atom stereocenters. The van der Waals surface area contributed by atoms with Crippen molar-refractivity contribution in [2.75, 3.05) is 13.2 Å². The number of aliphatic hydroxyl groups is 4. The maximum Gasteiger partial charge on any atom is 0.339 e. The molecular weight excluding hydrogens is 648 g/mol. The minimum atomic E-state index is -1.46. The average molecular weight is 717 g/mol. The van der Waals surface area contributed by atoms with Gasteiger partial charge in [-0.3, -0.25) is 9.59 Å². The van der Waals surface area contributed by atoms with Crippen molar-refractivity contribution in [3.05, 3.63) is 35.4 Å². The Hall–Kier alpha value is -3.06. The SMILES string of the molecule is CCC(C)(O)O.CCCC(O)O.CCCCCCCCOC(=O)c1ccccc1C(=O)OCCCCCCCC.O=C(O)CCCCC(=O)O. The molecule has 6 N–H and O–H groups in total. The highest BCUT2D eigenvalue weighted by molar-refractivity contribution is 6.03. The Morgan fingerprint density at radius 1 is 0.600 bits per heavy atom. The van der Waals surface area contributed by atoms with Gasteiger partial charge in [0.1, 0.15) is 0 Å². The number of hydrogen-bond acceptors (Lipinski definition) is 10. The van der Waals surface area contributed by atoms with E-state index in [0.717, 1.165) is 32.1 Å². The van der Waals surface area contributed by atoms with E-state index in [1.165, 1.54) is 58.3 Å². The van der Waals surface area contributed by atoms with Gasteiger partial charge in [0, 0.05) is 12.8 Å². The van der Waals surface area contributed by atoms with E-state index < -0.39 is 36.0 Å². The summed E-state index contributed by atoms with van der Waals surface area (Å²) in [7, 11) is 0. The van der Waals surface area contributed by atoms with E-state index in [0.29, 0.717) is 50.0 Å². The van der Waals surface area contributed by atoms with E-state index in [1.54, 1.807) is 31.2 Å². The first kappa shape index (κ1) is 51.3. The maximum atomic E-state index is 12.4. The quantitative estimate of drug-likeness (QED) is 0.0347. The Balaban J connectivity index is -0.000000811. The number of hydrogen-bond donors (Lipinski definition) is 6. The van der Waals surface area contributed by atoms with Gasteiger partial charge in [-0.15, -0.1) is 0 Å². The van der Waals surface area contributed by atoms with Gasteiger partial charge >= 0.3 is 23.9 Å². The molecule has 1 rings (SSSR count). The number of unbranched alkanes of at least 4 members (excludes halogenated alkanes) is 11. The predicted molar refractivity (Wildman–Crippen MR) is 194 cm³/mol. The van der Waals surface area contributed by atoms with Crippen LogP contribution in [-0.2, 0) is 19.1 Å². The van der Waals surface area contributed by atoms with Crippen molar-refractivity contribution in [1.82, 2.24) is 0 Å². The molecule has 0 unspecified atom stereocenters. The van der Waals surface area contributed by atoms with Crippen LogP contribution in [0.3, 0.4) is 0 Å². The van der Waals surface area contributed by atoms with Crippen LogP contribution < -0.4 is 0 Å². The fourth-order valence-electron chi connectivity index (χ4n) is 3.90. The summed E-state index contributed by atoms with van der Waals surface area (Å²) in [5, 5.41) is 49.2. The van der Waals surface area contributed by atoms with E-state index in [4.69, 9.17) is 40.1 Å². The standard InChI is InChI=1S/C24H38O4.C6H10O4.2C4H10O2/c1-3-5-7-9-11-15-19-27-23(25)21-17-13-14-18-22(21)24(26)28-20-16-12-10-8-6-4-2;7-5(8)3-1-2-4-6(9)10;1-3-4(2,5)6;1-2-3-4(5)6/h13-14,17-18H,3-12,15-16,19-20H2,1-2H3;1-4H2,(H,7,8)(H,9,10);5-6H,3H2,1-2H3;4-6H,2-3H2,1H3. The minimum absolute atomic E-state index is 0.0628. The Morgan fingerprint density at radius 2 is 0.940 bits per heavy atom. The molecule has 0 saturated carbocycles. The lowest BCUT2D eigenvalue weighted by molar-refractivity contribution is -0.146. The summed E-state index contributed by atoms with van der Waals surface area (Å²) < 4.78 is 10.7. The third-order valence-corrected chi connectivity index (χ3v) is 7.08. The van der Waals surface area contributed by atoms with Gasteiger partial charge in [-0.1, -0.05) is 110 Å². The number of carbonyl (C=O) groups is 4. The highest BCUT2D eigenvalue weighted by atomic mass is 16.5. The molecule has 1 aromatic carbocycles. The highest BCUT2D eigenvalue weighted by Gasteiger charge is 2.18. The zero-order valence-electron chi connectivity index (χ0n) is 31.4. The number of rotatable bonds is 24. The largest absolute Gasteiger partial charge is 0.481 e. The van der Waals surface area contributed by atoms with E-state index >= 15 is 0 Å². The number of carbonyl (C=O) groups excluding carboxylic acids is 2. The molecule has 0 aliphatic carbocycles. The van der Waals surface area contributed by atoms with Crippen LogP contribution in [0, 0.1) is 0 Å². The van der Waals surface area contributed by atoms with Crippen LogP contribution in [-0.4, -0.2) is 79.8 Å². The molecule has 0 heterocycles. The van der Waals surface area contributed by atoms with Gasteiger partial charge in [0.05, 0.1) is 24.3 Å². The molecular formula is C38H68O12. The normalized spacial score (nSPS) is 10.4. The number of aliphatic hydroxyl groups excluding tert-OH is 1. The summed E-state index contributed by atoms with van der Waals surface area (Å²) in [5.41, 5.74) is 0.586. The van der Waals surface area contributed by atoms with Gasteiger partial charge in [0.15, 0.2) is 12.1 Å². The molecule has 0 spiro atoms. The summed E-state index contributed by atoms with van der Waals surface area (Å²) in [6, 6.07) is 6.74. The van der Waals surface area contributed by atoms with Crippen molar-refractivity contribution < 1.29 is 59.3 Å². The second-order valence-corrected chi connectivity index (χ2v) is 12.2. The molecule has 0 aliphatic rings. The van der Waals surface area contributed by atoms with E-state index in [2.05, 4.69) is 13.8 Å². The number of carboxylic acids is 2. The van der Waals surface area contributed by atoms with Crippen molar-refractivity contribution in [3.8, 4) is 0 Å². The third kappa shape index (κ3) is 39.4. The van der Waals surface area contributed by atoms with Crippen LogP contribution >= 0.6 is 0 Å². The summed E-state index contributed by atoms with van der Waals surface area (Å²) in [6.45, 7) is 10.1. The second kappa shape index (κ2) is 35.8. The predicted octanol–water partition coefficient (Wildman–Crippen LogP) is 7.63. The monoisotopic (exact) mass is 716 g/mol. The maximum absolute atomic E-state index is 12.4. The van der Waals surface area contributed by atoms with Crippen LogP contribution in [0.5, 0.6) is 0 Å². The van der Waals surface area contributed by atoms with Gasteiger partial charge < -0.3 is 40.1 Å². The smallest absolute Gasteiger partial charge is 0.339 e. The molecule has 0 fully saturated rings. The van der Waals surface area contributed by atoms with Gasteiger partial charge in [-0.25, -0.2) is 9.59 Å². The molecule has 0 bridgehead atoms.